The largest absolute Gasteiger partial charge is 0.419 e. The molecule has 2 nitrogen and oxygen atoms in total. The Labute approximate surface area is 133 Å². The quantitative estimate of drug-likeness (QED) is 0.831. The van der Waals surface area contributed by atoms with Crippen molar-refractivity contribution in [3.63, 3.8) is 0 Å². The van der Waals surface area contributed by atoms with Gasteiger partial charge in [-0.25, -0.2) is 4.39 Å². The molecular formula is C15H19ClF4N2. The lowest BCUT2D eigenvalue weighted by molar-refractivity contribution is -0.140. The van der Waals surface area contributed by atoms with Crippen LogP contribution in [0.25, 0.3) is 0 Å². The van der Waals surface area contributed by atoms with Crippen LogP contribution in [-0.2, 0) is 12.7 Å². The van der Waals surface area contributed by atoms with E-state index in [0.717, 1.165) is 44.6 Å². The number of alkyl halides is 3. The van der Waals surface area contributed by atoms with E-state index in [1.807, 2.05) is 0 Å². The van der Waals surface area contributed by atoms with Crippen LogP contribution in [0.4, 0.5) is 17.6 Å². The fourth-order valence-corrected chi connectivity index (χ4v) is 3.41. The van der Waals surface area contributed by atoms with Gasteiger partial charge in [-0.1, -0.05) is 6.07 Å². The average molecular weight is 339 g/mol. The molecule has 1 aromatic carbocycles. The van der Waals surface area contributed by atoms with Gasteiger partial charge < -0.3 is 5.32 Å². The van der Waals surface area contributed by atoms with E-state index in [1.54, 1.807) is 0 Å². The van der Waals surface area contributed by atoms with Gasteiger partial charge in [-0.15, -0.1) is 12.4 Å². The zero-order valence-electron chi connectivity index (χ0n) is 12.0. The number of rotatable bonds is 2. The van der Waals surface area contributed by atoms with Gasteiger partial charge in [0.25, 0.3) is 0 Å². The summed E-state index contributed by atoms with van der Waals surface area (Å²) in [5.41, 5.74) is -0.648. The van der Waals surface area contributed by atoms with E-state index >= 15 is 0 Å². The molecule has 2 aliphatic heterocycles. The molecule has 0 radical (unpaired) electrons. The summed E-state index contributed by atoms with van der Waals surface area (Å²) in [5, 5.41) is 3.45. The van der Waals surface area contributed by atoms with Crippen LogP contribution >= 0.6 is 12.4 Å². The van der Waals surface area contributed by atoms with Crippen LogP contribution in [0.15, 0.2) is 18.2 Å². The first-order valence-electron chi connectivity index (χ1n) is 7.25. The molecule has 0 amide bonds. The fraction of sp³-hybridized carbons (Fsp3) is 0.600. The van der Waals surface area contributed by atoms with Gasteiger partial charge in [-0.2, -0.15) is 13.2 Å². The SMILES string of the molecule is Cl.Fc1ccc(CN2CCC3NCCC3C2)cc1C(F)(F)F. The standard InChI is InChI=1S/C15H18F4N2.ClH/c16-13-2-1-10(7-12(13)15(17,18)19)8-21-6-4-14-11(9-21)3-5-20-14;/h1-2,7,11,14,20H,3-6,8-9H2;1H. The molecule has 0 saturated carbocycles. The first-order chi connectivity index (χ1) is 9.93. The number of likely N-dealkylation sites (tertiary alicyclic amines) is 1. The number of nitrogens with zero attached hydrogens (tertiary/aromatic N) is 1. The lowest BCUT2D eigenvalue weighted by Crippen LogP contribution is -2.43. The van der Waals surface area contributed by atoms with E-state index < -0.39 is 17.6 Å². The molecule has 3 rings (SSSR count). The summed E-state index contributed by atoms with van der Waals surface area (Å²) in [6.45, 7) is 3.24. The molecule has 2 saturated heterocycles. The van der Waals surface area contributed by atoms with Crippen molar-refractivity contribution in [3.05, 3.63) is 35.1 Å². The molecule has 0 bridgehead atoms. The molecule has 0 spiro atoms. The van der Waals surface area contributed by atoms with E-state index in [2.05, 4.69) is 10.2 Å². The van der Waals surface area contributed by atoms with Crippen LogP contribution in [-0.4, -0.2) is 30.6 Å². The average Bonchev–Trinajstić information content (AvgIpc) is 2.87. The zero-order chi connectivity index (χ0) is 15.0. The first-order valence-corrected chi connectivity index (χ1v) is 7.25. The molecule has 2 unspecified atom stereocenters. The van der Waals surface area contributed by atoms with Crippen molar-refractivity contribution in [2.45, 2.75) is 31.6 Å². The van der Waals surface area contributed by atoms with Crippen molar-refractivity contribution in [1.82, 2.24) is 10.2 Å². The number of halogens is 5. The van der Waals surface area contributed by atoms with Crippen molar-refractivity contribution in [3.8, 4) is 0 Å². The van der Waals surface area contributed by atoms with Crippen molar-refractivity contribution < 1.29 is 17.6 Å². The second-order valence-electron chi connectivity index (χ2n) is 5.95. The predicted octanol–water partition coefficient (Wildman–Crippen LogP) is 3.45. The zero-order valence-corrected chi connectivity index (χ0v) is 12.8. The fourth-order valence-electron chi connectivity index (χ4n) is 3.41. The second-order valence-corrected chi connectivity index (χ2v) is 5.95. The highest BCUT2D eigenvalue weighted by molar-refractivity contribution is 5.85. The molecule has 1 aromatic rings. The van der Waals surface area contributed by atoms with Crippen LogP contribution in [0.5, 0.6) is 0 Å². The van der Waals surface area contributed by atoms with Crippen LogP contribution in [0, 0.1) is 11.7 Å². The summed E-state index contributed by atoms with van der Waals surface area (Å²) >= 11 is 0. The molecule has 0 aromatic heterocycles. The van der Waals surface area contributed by atoms with Crippen LogP contribution in [0.2, 0.25) is 0 Å². The maximum Gasteiger partial charge on any atom is 0.419 e. The van der Waals surface area contributed by atoms with Crippen LogP contribution < -0.4 is 5.32 Å². The summed E-state index contributed by atoms with van der Waals surface area (Å²) < 4.78 is 51.4. The summed E-state index contributed by atoms with van der Waals surface area (Å²) in [6.07, 6.45) is -2.49. The Hall–Kier alpha value is -0.850. The lowest BCUT2D eigenvalue weighted by Gasteiger charge is -2.34. The Bertz CT molecular complexity index is 521. The van der Waals surface area contributed by atoms with Crippen LogP contribution in [0.3, 0.4) is 0 Å². The highest BCUT2D eigenvalue weighted by Crippen LogP contribution is 2.32. The highest BCUT2D eigenvalue weighted by atomic mass is 35.5. The van der Waals surface area contributed by atoms with Crippen molar-refractivity contribution >= 4 is 12.4 Å². The molecule has 2 fully saturated rings. The van der Waals surface area contributed by atoms with E-state index in [-0.39, 0.29) is 12.4 Å². The van der Waals surface area contributed by atoms with Crippen molar-refractivity contribution in [2.24, 2.45) is 5.92 Å². The minimum Gasteiger partial charge on any atom is -0.314 e. The highest BCUT2D eigenvalue weighted by Gasteiger charge is 2.35. The maximum atomic E-state index is 13.3. The summed E-state index contributed by atoms with van der Waals surface area (Å²) in [7, 11) is 0. The molecule has 2 atom stereocenters. The van der Waals surface area contributed by atoms with E-state index in [0.29, 0.717) is 24.1 Å². The summed E-state index contributed by atoms with van der Waals surface area (Å²) in [4.78, 5) is 2.17. The van der Waals surface area contributed by atoms with E-state index in [1.165, 1.54) is 6.07 Å². The van der Waals surface area contributed by atoms with Gasteiger partial charge in [0.1, 0.15) is 5.82 Å². The Kier molecular flexibility index (Phi) is 5.35. The van der Waals surface area contributed by atoms with Gasteiger partial charge in [0.2, 0.25) is 0 Å². The maximum absolute atomic E-state index is 13.3. The first kappa shape index (κ1) is 17.5. The van der Waals surface area contributed by atoms with E-state index in [4.69, 9.17) is 0 Å². The number of benzene rings is 1. The third-order valence-corrected chi connectivity index (χ3v) is 4.48. The van der Waals surface area contributed by atoms with Gasteiger partial charge in [0.15, 0.2) is 0 Å². The molecule has 7 heteroatoms. The van der Waals surface area contributed by atoms with Gasteiger partial charge in [0.05, 0.1) is 5.56 Å². The summed E-state index contributed by atoms with van der Waals surface area (Å²) in [5.74, 6) is -0.619. The number of piperidine rings is 1. The molecular weight excluding hydrogens is 320 g/mol. The van der Waals surface area contributed by atoms with Crippen molar-refractivity contribution in [2.75, 3.05) is 19.6 Å². The second kappa shape index (κ2) is 6.72. The van der Waals surface area contributed by atoms with Gasteiger partial charge >= 0.3 is 6.18 Å². The van der Waals surface area contributed by atoms with Crippen LogP contribution in [0.1, 0.15) is 24.0 Å². The van der Waals surface area contributed by atoms with Crippen molar-refractivity contribution in [1.29, 1.82) is 0 Å². The lowest BCUT2D eigenvalue weighted by atomic mass is 9.93. The van der Waals surface area contributed by atoms with Gasteiger partial charge in [-0.3, -0.25) is 4.90 Å². The summed E-state index contributed by atoms with van der Waals surface area (Å²) in [6, 6.07) is 3.86. The normalized spacial score (nSPS) is 25.6. The topological polar surface area (TPSA) is 15.3 Å². The third-order valence-electron chi connectivity index (χ3n) is 4.48. The number of nitrogens with one attached hydrogen (secondary N) is 1. The Balaban J connectivity index is 0.00000176. The number of hydrogen-bond acceptors (Lipinski definition) is 2. The molecule has 1 N–H and O–H groups in total. The number of hydrogen-bond donors (Lipinski definition) is 1. The molecule has 0 aliphatic carbocycles. The monoisotopic (exact) mass is 338 g/mol. The molecule has 124 valence electrons. The van der Waals surface area contributed by atoms with Gasteiger partial charge in [0, 0.05) is 19.1 Å². The minimum atomic E-state index is -4.64. The van der Waals surface area contributed by atoms with E-state index in [9.17, 15) is 17.6 Å². The molecule has 22 heavy (non-hydrogen) atoms. The Morgan fingerprint density at radius 3 is 2.73 bits per heavy atom. The van der Waals surface area contributed by atoms with Gasteiger partial charge in [-0.05, 0) is 49.5 Å². The smallest absolute Gasteiger partial charge is 0.314 e. The Morgan fingerprint density at radius 1 is 1.23 bits per heavy atom. The predicted molar refractivity (Wildman–Crippen MR) is 78.4 cm³/mol. The third kappa shape index (κ3) is 3.73. The molecule has 2 heterocycles. The number of fused-ring (bicyclic) bond motifs is 1. The minimum absolute atomic E-state index is 0. The Morgan fingerprint density at radius 2 is 2.00 bits per heavy atom. The molecule has 2 aliphatic rings.